The van der Waals surface area contributed by atoms with Crippen molar-refractivity contribution in [3.63, 3.8) is 0 Å². The topological polar surface area (TPSA) is 64.6 Å². The van der Waals surface area contributed by atoms with E-state index in [1.54, 1.807) is 25.1 Å². The lowest BCUT2D eigenvalue weighted by Gasteiger charge is -2.22. The summed E-state index contributed by atoms with van der Waals surface area (Å²) in [6.45, 7) is 1.67. The number of sulfonamides is 1. The Balaban J connectivity index is 2.98. The summed E-state index contributed by atoms with van der Waals surface area (Å²) in [5.41, 5.74) is 0.551. The van der Waals surface area contributed by atoms with E-state index in [4.69, 9.17) is 21.1 Å². The molecule has 108 valence electrons. The van der Waals surface area contributed by atoms with E-state index in [1.165, 1.54) is 20.3 Å². The Labute approximate surface area is 118 Å². The minimum Gasteiger partial charge on any atom is -0.354 e. The molecule has 0 spiro atoms. The number of rotatable bonds is 7. The largest absolute Gasteiger partial charge is 0.354 e. The molecule has 1 aromatic rings. The lowest BCUT2D eigenvalue weighted by atomic mass is 10.2. The predicted molar refractivity (Wildman–Crippen MR) is 73.6 cm³/mol. The Morgan fingerprint density at radius 1 is 1.26 bits per heavy atom. The van der Waals surface area contributed by atoms with Crippen LogP contribution in [0.5, 0.6) is 0 Å². The van der Waals surface area contributed by atoms with E-state index in [-0.39, 0.29) is 10.8 Å². The Hall–Kier alpha value is -0.660. The van der Waals surface area contributed by atoms with Crippen LogP contribution in [0.1, 0.15) is 12.5 Å². The van der Waals surface area contributed by atoms with Crippen molar-refractivity contribution < 1.29 is 17.9 Å². The first-order valence-corrected chi connectivity index (χ1v) is 7.69. The fourth-order valence-electron chi connectivity index (χ4n) is 1.74. The van der Waals surface area contributed by atoms with Crippen LogP contribution in [-0.4, -0.2) is 35.0 Å². The molecule has 0 aliphatic carbocycles. The van der Waals surface area contributed by atoms with E-state index in [1.807, 2.05) is 0 Å². The number of hydrogen-bond acceptors (Lipinski definition) is 4. The maximum Gasteiger partial charge on any atom is 0.241 e. The summed E-state index contributed by atoms with van der Waals surface area (Å²) in [6.07, 6.45) is -0.655. The number of halogens is 1. The molecule has 7 heteroatoms. The van der Waals surface area contributed by atoms with Gasteiger partial charge in [-0.2, -0.15) is 0 Å². The van der Waals surface area contributed by atoms with Crippen LogP contribution in [0.2, 0.25) is 0 Å². The van der Waals surface area contributed by atoms with Gasteiger partial charge in [0.2, 0.25) is 10.0 Å². The zero-order chi connectivity index (χ0) is 14.5. The molecule has 0 fully saturated rings. The highest BCUT2D eigenvalue weighted by atomic mass is 35.5. The van der Waals surface area contributed by atoms with E-state index < -0.39 is 22.4 Å². The molecular formula is C12H18ClNO4S. The predicted octanol–water partition coefficient (Wildman–Crippen LogP) is 1.71. The van der Waals surface area contributed by atoms with Gasteiger partial charge >= 0.3 is 0 Å². The lowest BCUT2D eigenvalue weighted by Crippen LogP contribution is -2.43. The molecule has 19 heavy (non-hydrogen) atoms. The number of ether oxygens (including phenoxy) is 2. The summed E-state index contributed by atoms with van der Waals surface area (Å²) < 4.78 is 37.1. The first kappa shape index (κ1) is 16.4. The summed E-state index contributed by atoms with van der Waals surface area (Å²) in [6, 6.07) is 6.06. The van der Waals surface area contributed by atoms with Crippen LogP contribution < -0.4 is 4.72 Å². The van der Waals surface area contributed by atoms with Crippen molar-refractivity contribution in [1.82, 2.24) is 4.72 Å². The Morgan fingerprint density at radius 3 is 2.37 bits per heavy atom. The zero-order valence-corrected chi connectivity index (χ0v) is 12.7. The highest BCUT2D eigenvalue weighted by Gasteiger charge is 2.25. The van der Waals surface area contributed by atoms with Gasteiger partial charge < -0.3 is 9.47 Å². The third-order valence-electron chi connectivity index (χ3n) is 2.62. The van der Waals surface area contributed by atoms with Crippen molar-refractivity contribution in [1.29, 1.82) is 0 Å². The van der Waals surface area contributed by atoms with E-state index in [2.05, 4.69) is 4.72 Å². The molecule has 0 saturated carbocycles. The van der Waals surface area contributed by atoms with Crippen molar-refractivity contribution in [2.24, 2.45) is 0 Å². The average Bonchev–Trinajstić information content (AvgIpc) is 2.39. The van der Waals surface area contributed by atoms with Crippen molar-refractivity contribution in [2.75, 3.05) is 14.2 Å². The van der Waals surface area contributed by atoms with Crippen LogP contribution in [-0.2, 0) is 25.4 Å². The number of nitrogens with one attached hydrogen (secondary N) is 1. The molecule has 0 bridgehead atoms. The van der Waals surface area contributed by atoms with Gasteiger partial charge in [-0.3, -0.25) is 0 Å². The number of benzene rings is 1. The molecular weight excluding hydrogens is 290 g/mol. The molecule has 0 aliphatic heterocycles. The zero-order valence-electron chi connectivity index (χ0n) is 11.1. The van der Waals surface area contributed by atoms with E-state index >= 15 is 0 Å². The Bertz CT molecular complexity index is 502. The summed E-state index contributed by atoms with van der Waals surface area (Å²) in [5, 5.41) is 0. The SMILES string of the molecule is COC(OC)C(C)NS(=O)(=O)c1ccccc1CCl. The standard InChI is InChI=1S/C12H18ClNO4S/c1-9(12(17-2)18-3)14-19(15,16)11-7-5-4-6-10(11)8-13/h4-7,9,12,14H,8H2,1-3H3. The van der Waals surface area contributed by atoms with Crippen LogP contribution in [0.4, 0.5) is 0 Å². The quantitative estimate of drug-likeness (QED) is 0.615. The molecule has 0 amide bonds. The van der Waals surface area contributed by atoms with Crippen LogP contribution in [0.25, 0.3) is 0 Å². The number of alkyl halides is 1. The molecule has 0 heterocycles. The van der Waals surface area contributed by atoms with Crippen molar-refractivity contribution >= 4 is 21.6 Å². The molecule has 5 nitrogen and oxygen atoms in total. The highest BCUT2D eigenvalue weighted by molar-refractivity contribution is 7.89. The molecule has 0 radical (unpaired) electrons. The van der Waals surface area contributed by atoms with E-state index in [0.717, 1.165) is 0 Å². The first-order valence-electron chi connectivity index (χ1n) is 5.68. The van der Waals surface area contributed by atoms with Crippen LogP contribution >= 0.6 is 11.6 Å². The second-order valence-corrected chi connectivity index (χ2v) is 5.94. The summed E-state index contributed by atoms with van der Waals surface area (Å²) in [7, 11) is -0.762. The van der Waals surface area contributed by atoms with Gasteiger partial charge in [-0.1, -0.05) is 18.2 Å². The molecule has 1 rings (SSSR count). The fraction of sp³-hybridized carbons (Fsp3) is 0.500. The minimum absolute atomic E-state index is 0.128. The number of methoxy groups -OCH3 is 2. The third-order valence-corrected chi connectivity index (χ3v) is 4.57. The van der Waals surface area contributed by atoms with Gasteiger partial charge in [0.25, 0.3) is 0 Å². The first-order chi connectivity index (χ1) is 8.96. The fourth-order valence-corrected chi connectivity index (χ4v) is 3.53. The van der Waals surface area contributed by atoms with Crippen LogP contribution in [0, 0.1) is 0 Å². The molecule has 1 aromatic carbocycles. The highest BCUT2D eigenvalue weighted by Crippen LogP contribution is 2.18. The van der Waals surface area contributed by atoms with Gasteiger partial charge in [-0.25, -0.2) is 13.1 Å². The summed E-state index contributed by atoms with van der Waals surface area (Å²) in [5.74, 6) is 0.128. The average molecular weight is 308 g/mol. The second-order valence-electron chi connectivity index (χ2n) is 3.99. The maximum atomic E-state index is 12.3. The normalized spacial score (nSPS) is 13.7. The maximum absolute atomic E-state index is 12.3. The van der Waals surface area contributed by atoms with Gasteiger partial charge in [0.05, 0.1) is 10.9 Å². The molecule has 1 N–H and O–H groups in total. The van der Waals surface area contributed by atoms with Crippen molar-refractivity contribution in [2.45, 2.75) is 30.0 Å². The molecule has 1 atom stereocenters. The summed E-state index contributed by atoms with van der Waals surface area (Å²) >= 11 is 5.75. The van der Waals surface area contributed by atoms with Crippen LogP contribution in [0.3, 0.4) is 0 Å². The third kappa shape index (κ3) is 4.15. The Kier molecular flexibility index (Phi) is 6.22. The van der Waals surface area contributed by atoms with E-state index in [9.17, 15) is 8.42 Å². The Morgan fingerprint density at radius 2 is 1.84 bits per heavy atom. The van der Waals surface area contributed by atoms with Gasteiger partial charge in [0.1, 0.15) is 0 Å². The molecule has 0 aromatic heterocycles. The van der Waals surface area contributed by atoms with Crippen LogP contribution in [0.15, 0.2) is 29.2 Å². The lowest BCUT2D eigenvalue weighted by molar-refractivity contribution is -0.115. The smallest absolute Gasteiger partial charge is 0.241 e. The van der Waals surface area contributed by atoms with Crippen molar-refractivity contribution in [3.8, 4) is 0 Å². The van der Waals surface area contributed by atoms with Gasteiger partial charge in [-0.15, -0.1) is 11.6 Å². The van der Waals surface area contributed by atoms with Gasteiger partial charge in [-0.05, 0) is 18.6 Å². The van der Waals surface area contributed by atoms with Crippen molar-refractivity contribution in [3.05, 3.63) is 29.8 Å². The minimum atomic E-state index is -3.66. The van der Waals surface area contributed by atoms with Gasteiger partial charge in [0, 0.05) is 20.1 Å². The van der Waals surface area contributed by atoms with Gasteiger partial charge in [0.15, 0.2) is 6.29 Å². The monoisotopic (exact) mass is 307 g/mol. The van der Waals surface area contributed by atoms with E-state index in [0.29, 0.717) is 5.56 Å². The summed E-state index contributed by atoms with van der Waals surface area (Å²) in [4.78, 5) is 0.169. The number of hydrogen-bond donors (Lipinski definition) is 1. The molecule has 0 saturated heterocycles. The molecule has 1 unspecified atom stereocenters. The second kappa shape index (κ2) is 7.21. The molecule has 0 aliphatic rings.